The minimum absolute atomic E-state index is 0.264. The predicted octanol–water partition coefficient (Wildman–Crippen LogP) is 2.87. The molecule has 0 fully saturated rings. The third-order valence-electron chi connectivity index (χ3n) is 2.59. The van der Waals surface area contributed by atoms with Crippen molar-refractivity contribution in [3.05, 3.63) is 35.4 Å². The first-order valence-electron chi connectivity index (χ1n) is 4.91. The van der Waals surface area contributed by atoms with Gasteiger partial charge in [-0.2, -0.15) is 0 Å². The standard InChI is InChI=1S/C10H11O2.2CH3.Sb/c1-3-8-4-6-9(7-5-8)10(11)12-2;;;/h3-7H,1-2H3;2*1H3;. The SMILES string of the molecule is COC(=O)c1ccc([CH](C)[Sb]([CH3])[CH3])cc1. The van der Waals surface area contributed by atoms with Crippen molar-refractivity contribution in [2.45, 2.75) is 20.5 Å². The Morgan fingerprint density at radius 3 is 2.20 bits per heavy atom. The average molecular weight is 315 g/mol. The molecule has 0 radical (unpaired) electrons. The second-order valence-electron chi connectivity index (χ2n) is 3.75. The molecule has 1 unspecified atom stereocenters. The zero-order valence-electron chi connectivity index (χ0n) is 9.65. The van der Waals surface area contributed by atoms with Crippen LogP contribution < -0.4 is 0 Å². The van der Waals surface area contributed by atoms with E-state index in [2.05, 4.69) is 21.4 Å². The fourth-order valence-corrected chi connectivity index (χ4v) is 3.51. The van der Waals surface area contributed by atoms with E-state index in [-0.39, 0.29) is 5.97 Å². The molecule has 0 spiro atoms. The number of carbonyl (C=O) groups is 1. The first kappa shape index (κ1) is 12.6. The molecule has 1 aromatic rings. The van der Waals surface area contributed by atoms with Crippen LogP contribution in [0.1, 0.15) is 26.7 Å². The van der Waals surface area contributed by atoms with Crippen molar-refractivity contribution in [1.29, 1.82) is 0 Å². The molecule has 0 aliphatic carbocycles. The van der Waals surface area contributed by atoms with E-state index in [1.807, 2.05) is 24.3 Å². The molecule has 0 saturated carbocycles. The molecule has 0 aromatic heterocycles. The van der Waals surface area contributed by atoms with Gasteiger partial charge < -0.3 is 0 Å². The number of methoxy groups -OCH3 is 1. The summed E-state index contributed by atoms with van der Waals surface area (Å²) in [4.78, 5) is 16.0. The summed E-state index contributed by atoms with van der Waals surface area (Å²) in [6.45, 7) is 2.27. The van der Waals surface area contributed by atoms with Crippen molar-refractivity contribution in [1.82, 2.24) is 0 Å². The van der Waals surface area contributed by atoms with Gasteiger partial charge in [0.1, 0.15) is 0 Å². The molecule has 2 nitrogen and oxygen atoms in total. The summed E-state index contributed by atoms with van der Waals surface area (Å²) in [6, 6.07) is 7.78. The Balaban J connectivity index is 2.85. The number of hydrogen-bond acceptors (Lipinski definition) is 2. The summed E-state index contributed by atoms with van der Waals surface area (Å²) in [7, 11) is 1.40. The molecule has 0 aliphatic heterocycles. The number of carbonyl (C=O) groups excluding carboxylic acids is 1. The molecule has 0 amide bonds. The minimum atomic E-state index is -1.06. The number of hydrogen-bond donors (Lipinski definition) is 0. The van der Waals surface area contributed by atoms with Crippen molar-refractivity contribution < 1.29 is 9.53 Å². The molecule has 15 heavy (non-hydrogen) atoms. The molecule has 1 atom stereocenters. The van der Waals surface area contributed by atoms with E-state index in [0.717, 1.165) is 0 Å². The Morgan fingerprint density at radius 2 is 1.80 bits per heavy atom. The van der Waals surface area contributed by atoms with Crippen LogP contribution in [0.4, 0.5) is 0 Å². The van der Waals surface area contributed by atoms with Crippen molar-refractivity contribution in [3.63, 3.8) is 0 Å². The number of ether oxygens (including phenoxy) is 1. The monoisotopic (exact) mass is 314 g/mol. The summed E-state index contributed by atoms with van der Waals surface area (Å²) in [5.74, 6) is -0.264. The van der Waals surface area contributed by atoms with E-state index in [1.165, 1.54) is 12.7 Å². The maximum atomic E-state index is 11.2. The Labute approximate surface area is 98.6 Å². The molecule has 1 aromatic carbocycles. The van der Waals surface area contributed by atoms with Gasteiger partial charge in [-0.3, -0.25) is 0 Å². The fraction of sp³-hybridized carbons (Fsp3) is 0.417. The normalized spacial score (nSPS) is 12.6. The van der Waals surface area contributed by atoms with Gasteiger partial charge in [-0.05, 0) is 0 Å². The molecular formula is C12H17O2Sb. The number of esters is 1. The van der Waals surface area contributed by atoms with Gasteiger partial charge in [-0.15, -0.1) is 0 Å². The molecule has 3 heteroatoms. The van der Waals surface area contributed by atoms with E-state index < -0.39 is 20.2 Å². The van der Waals surface area contributed by atoms with Crippen LogP contribution in [0.15, 0.2) is 24.3 Å². The summed E-state index contributed by atoms with van der Waals surface area (Å²) in [5.41, 5.74) is 1.97. The van der Waals surface area contributed by atoms with Crippen LogP contribution in [0.2, 0.25) is 9.74 Å². The summed E-state index contributed by atoms with van der Waals surface area (Å²) in [6.07, 6.45) is 0. The van der Waals surface area contributed by atoms with Crippen LogP contribution in [0.25, 0.3) is 0 Å². The third-order valence-corrected chi connectivity index (χ3v) is 7.86. The van der Waals surface area contributed by atoms with Crippen LogP contribution in [-0.4, -0.2) is 33.3 Å². The first-order valence-corrected chi connectivity index (χ1v) is 11.5. The summed E-state index contributed by atoms with van der Waals surface area (Å²) < 4.78 is 5.35. The van der Waals surface area contributed by atoms with Crippen LogP contribution in [0.3, 0.4) is 0 Å². The van der Waals surface area contributed by atoms with Crippen LogP contribution in [0, 0.1) is 0 Å². The van der Waals surface area contributed by atoms with E-state index in [0.29, 0.717) is 9.43 Å². The van der Waals surface area contributed by atoms with Crippen LogP contribution in [-0.2, 0) is 4.74 Å². The predicted molar refractivity (Wildman–Crippen MR) is 63.7 cm³/mol. The average Bonchev–Trinajstić information content (AvgIpc) is 2.27. The van der Waals surface area contributed by atoms with Gasteiger partial charge in [0.05, 0.1) is 0 Å². The van der Waals surface area contributed by atoms with E-state index in [1.54, 1.807) is 0 Å². The topological polar surface area (TPSA) is 26.3 Å². The fourth-order valence-electron chi connectivity index (χ4n) is 1.31. The molecular weight excluding hydrogens is 298 g/mol. The molecule has 0 bridgehead atoms. The number of benzene rings is 1. The zero-order valence-corrected chi connectivity index (χ0v) is 12.2. The molecule has 0 N–H and O–H groups in total. The van der Waals surface area contributed by atoms with E-state index in [9.17, 15) is 4.79 Å². The molecule has 1 rings (SSSR count). The van der Waals surface area contributed by atoms with Gasteiger partial charge >= 0.3 is 98.7 Å². The van der Waals surface area contributed by atoms with Gasteiger partial charge in [0, 0.05) is 0 Å². The Kier molecular flexibility index (Phi) is 4.66. The van der Waals surface area contributed by atoms with Crippen LogP contribution in [0.5, 0.6) is 0 Å². The zero-order chi connectivity index (χ0) is 11.4. The van der Waals surface area contributed by atoms with E-state index >= 15 is 0 Å². The van der Waals surface area contributed by atoms with Crippen molar-refractivity contribution in [2.24, 2.45) is 0 Å². The second-order valence-corrected chi connectivity index (χ2v) is 11.5. The Bertz CT molecular complexity index is 330. The van der Waals surface area contributed by atoms with Crippen LogP contribution >= 0.6 is 0 Å². The summed E-state index contributed by atoms with van der Waals surface area (Å²) in [5, 5.41) is 0. The van der Waals surface area contributed by atoms with Gasteiger partial charge in [-0.1, -0.05) is 0 Å². The quantitative estimate of drug-likeness (QED) is 0.633. The molecule has 0 heterocycles. The van der Waals surface area contributed by atoms with Gasteiger partial charge in [0.15, 0.2) is 0 Å². The maximum absolute atomic E-state index is 11.2. The first-order chi connectivity index (χ1) is 7.06. The van der Waals surface area contributed by atoms with Gasteiger partial charge in [-0.25, -0.2) is 0 Å². The summed E-state index contributed by atoms with van der Waals surface area (Å²) >= 11 is -1.06. The molecule has 0 aliphatic rings. The second kappa shape index (κ2) is 5.55. The molecule has 0 saturated heterocycles. The third kappa shape index (κ3) is 3.24. The van der Waals surface area contributed by atoms with E-state index in [4.69, 9.17) is 0 Å². The van der Waals surface area contributed by atoms with Crippen molar-refractivity contribution >= 4 is 26.2 Å². The van der Waals surface area contributed by atoms with Crippen molar-refractivity contribution in [3.8, 4) is 0 Å². The van der Waals surface area contributed by atoms with Crippen molar-refractivity contribution in [2.75, 3.05) is 7.11 Å². The number of rotatable bonds is 3. The van der Waals surface area contributed by atoms with Gasteiger partial charge in [0.2, 0.25) is 0 Å². The van der Waals surface area contributed by atoms with Gasteiger partial charge in [0.25, 0.3) is 0 Å². The Hall–Kier alpha value is -0.492. The molecule has 82 valence electrons. The Morgan fingerprint density at radius 1 is 1.27 bits per heavy atom.